The van der Waals surface area contributed by atoms with Crippen molar-refractivity contribution < 1.29 is 4.42 Å². The smallest absolute Gasteiger partial charge is 0.116 e. The standard InChI is InChI=1S/C3H3OP.H3P/c1-2-5-3-4-1;/h1-3H;1H3. The van der Waals surface area contributed by atoms with Crippen molar-refractivity contribution in [3.8, 4) is 0 Å². The summed E-state index contributed by atoms with van der Waals surface area (Å²) in [5, 5.41) is 0. The van der Waals surface area contributed by atoms with E-state index in [2.05, 4.69) is 4.42 Å². The highest BCUT2D eigenvalue weighted by molar-refractivity contribution is 7.28. The summed E-state index contributed by atoms with van der Waals surface area (Å²) >= 11 is 0. The van der Waals surface area contributed by atoms with Crippen LogP contribution in [0.2, 0.25) is 0 Å². The second-order valence-corrected chi connectivity index (χ2v) is 1.48. The van der Waals surface area contributed by atoms with E-state index in [-0.39, 0.29) is 9.90 Å². The average Bonchev–Trinajstić information content (AvgIpc) is 1.76. The maximum absolute atomic E-state index is 4.63. The van der Waals surface area contributed by atoms with Crippen LogP contribution in [0.3, 0.4) is 0 Å². The maximum atomic E-state index is 4.63. The Kier molecular flexibility index (Phi) is 3.41. The lowest BCUT2D eigenvalue weighted by Gasteiger charge is -1.49. The minimum absolute atomic E-state index is 0. The maximum Gasteiger partial charge on any atom is 0.116 e. The fourth-order valence-electron chi connectivity index (χ4n) is 0.176. The number of hydrogen-bond donors (Lipinski definition) is 0. The predicted octanol–water partition coefficient (Wildman–Crippen LogP) is 1.92. The average molecular weight is 120 g/mol. The fourth-order valence-corrected chi connectivity index (χ4v) is 0.527. The van der Waals surface area contributed by atoms with E-state index in [1.54, 1.807) is 12.3 Å². The monoisotopic (exact) mass is 120 g/mol. The minimum Gasteiger partial charge on any atom is -0.468 e. The lowest BCUT2D eigenvalue weighted by atomic mass is 11.1. The third kappa shape index (κ3) is 1.55. The van der Waals surface area contributed by atoms with Gasteiger partial charge in [0.2, 0.25) is 0 Å². The molecule has 0 radical (unpaired) electrons. The Labute approximate surface area is 41.5 Å². The van der Waals surface area contributed by atoms with Gasteiger partial charge in [0.15, 0.2) is 0 Å². The molecule has 0 saturated carbocycles. The summed E-state index contributed by atoms with van der Waals surface area (Å²) in [5.41, 5.74) is 0. The van der Waals surface area contributed by atoms with Crippen LogP contribution in [-0.2, 0) is 0 Å². The van der Waals surface area contributed by atoms with Gasteiger partial charge >= 0.3 is 0 Å². The number of hydrogen-bond acceptors (Lipinski definition) is 1. The van der Waals surface area contributed by atoms with E-state index in [9.17, 15) is 0 Å². The van der Waals surface area contributed by atoms with E-state index in [4.69, 9.17) is 0 Å². The van der Waals surface area contributed by atoms with Crippen molar-refractivity contribution >= 4 is 18.1 Å². The molecule has 0 bridgehead atoms. The topological polar surface area (TPSA) is 13.1 Å². The zero-order chi connectivity index (χ0) is 3.54. The quantitative estimate of drug-likeness (QED) is 0.476. The van der Waals surface area contributed by atoms with Gasteiger partial charge in [0, 0.05) is 5.80 Å². The van der Waals surface area contributed by atoms with E-state index in [0.717, 1.165) is 8.19 Å². The second kappa shape index (κ2) is 3.33. The van der Waals surface area contributed by atoms with E-state index < -0.39 is 0 Å². The molecule has 0 amide bonds. The molecule has 1 rings (SSSR count). The Hall–Kier alpha value is 0.140. The Balaban J connectivity index is 0.000000250. The van der Waals surface area contributed by atoms with Gasteiger partial charge in [-0.05, 0) is 8.19 Å². The summed E-state index contributed by atoms with van der Waals surface area (Å²) in [5.74, 6) is 3.65. The molecule has 0 fully saturated rings. The zero-order valence-electron chi connectivity index (χ0n) is 3.29. The van der Waals surface area contributed by atoms with E-state index in [1.807, 2.05) is 5.80 Å². The zero-order valence-corrected chi connectivity index (χ0v) is 5.60. The van der Waals surface area contributed by atoms with E-state index in [1.165, 1.54) is 0 Å². The lowest BCUT2D eigenvalue weighted by Crippen LogP contribution is -1.16. The Morgan fingerprint density at radius 1 is 1.50 bits per heavy atom. The molecule has 1 unspecified atom stereocenters. The van der Waals surface area contributed by atoms with Crippen LogP contribution in [0.1, 0.15) is 0 Å². The van der Waals surface area contributed by atoms with Gasteiger partial charge < -0.3 is 4.42 Å². The third-order valence-electron chi connectivity index (χ3n) is 0.347. The highest BCUT2D eigenvalue weighted by Gasteiger charge is 1.60. The molecule has 1 aromatic rings. The summed E-state index contributed by atoms with van der Waals surface area (Å²) in [6.07, 6.45) is 1.67. The van der Waals surface area contributed by atoms with Crippen molar-refractivity contribution in [1.29, 1.82) is 0 Å². The molecule has 1 aromatic heterocycles. The Morgan fingerprint density at radius 3 is 2.50 bits per heavy atom. The number of rotatable bonds is 0. The molecule has 1 nitrogen and oxygen atoms in total. The molecule has 6 heavy (non-hydrogen) atoms. The van der Waals surface area contributed by atoms with Crippen molar-refractivity contribution in [1.82, 2.24) is 0 Å². The summed E-state index contributed by atoms with van der Waals surface area (Å²) < 4.78 is 4.63. The van der Waals surface area contributed by atoms with Crippen LogP contribution < -0.4 is 0 Å². The normalized spacial score (nSPS) is 8.00. The first-order chi connectivity index (χ1) is 2.50. The van der Waals surface area contributed by atoms with E-state index in [0.29, 0.717) is 0 Å². The van der Waals surface area contributed by atoms with Crippen LogP contribution in [0.25, 0.3) is 0 Å². The van der Waals surface area contributed by atoms with Gasteiger partial charge in [0.25, 0.3) is 0 Å². The van der Waals surface area contributed by atoms with Gasteiger partial charge in [-0.3, -0.25) is 0 Å². The second-order valence-electron chi connectivity index (χ2n) is 0.676. The summed E-state index contributed by atoms with van der Waals surface area (Å²) in [6.45, 7) is 0. The first kappa shape index (κ1) is 6.14. The van der Waals surface area contributed by atoms with Gasteiger partial charge in [-0.15, -0.1) is 0 Å². The molecule has 1 heterocycles. The van der Waals surface area contributed by atoms with Crippen LogP contribution in [0.4, 0.5) is 0 Å². The Morgan fingerprint density at radius 2 is 2.33 bits per heavy atom. The highest BCUT2D eigenvalue weighted by Crippen LogP contribution is 1.99. The predicted molar refractivity (Wildman–Crippen MR) is 32.3 cm³/mol. The SMILES string of the molecule is P.c1cpco1. The summed E-state index contributed by atoms with van der Waals surface area (Å²) in [4.78, 5) is 0. The molecule has 0 spiro atoms. The minimum atomic E-state index is 0. The molecule has 0 aromatic carbocycles. The van der Waals surface area contributed by atoms with Crippen LogP contribution in [0, 0.1) is 0 Å². The fraction of sp³-hybridized carbons (Fsp3) is 0. The largest absolute Gasteiger partial charge is 0.468 e. The molecule has 3 heteroatoms. The molecule has 34 valence electrons. The molecule has 0 saturated heterocycles. The van der Waals surface area contributed by atoms with Crippen LogP contribution >= 0.6 is 18.1 Å². The molecule has 0 aliphatic heterocycles. The Bertz CT molecular complexity index is 65.3. The van der Waals surface area contributed by atoms with Crippen molar-refractivity contribution in [3.05, 3.63) is 18.1 Å². The first-order valence-corrected chi connectivity index (χ1v) is 2.35. The van der Waals surface area contributed by atoms with Gasteiger partial charge in [0.05, 0.1) is 6.26 Å². The van der Waals surface area contributed by atoms with Gasteiger partial charge in [-0.1, -0.05) is 0 Å². The van der Waals surface area contributed by atoms with E-state index >= 15 is 0 Å². The molecule has 0 aliphatic carbocycles. The third-order valence-corrected chi connectivity index (χ3v) is 0.884. The molecule has 1 atom stereocenters. The van der Waals surface area contributed by atoms with Crippen LogP contribution in [0.5, 0.6) is 0 Å². The molecular formula is C3H6OP2. The summed E-state index contributed by atoms with van der Waals surface area (Å²) in [7, 11) is 1.16. The first-order valence-electron chi connectivity index (χ1n) is 1.32. The van der Waals surface area contributed by atoms with Gasteiger partial charge in [-0.25, -0.2) is 0 Å². The molecule has 0 aliphatic rings. The highest BCUT2D eigenvalue weighted by atomic mass is 31.0. The van der Waals surface area contributed by atoms with Crippen molar-refractivity contribution in [2.45, 2.75) is 0 Å². The lowest BCUT2D eigenvalue weighted by molar-refractivity contribution is 0.573. The van der Waals surface area contributed by atoms with Gasteiger partial charge in [-0.2, -0.15) is 9.90 Å². The molecule has 0 N–H and O–H groups in total. The van der Waals surface area contributed by atoms with Gasteiger partial charge in [0.1, 0.15) is 5.99 Å². The van der Waals surface area contributed by atoms with Crippen molar-refractivity contribution in [2.24, 2.45) is 0 Å². The molecular weight excluding hydrogens is 114 g/mol. The van der Waals surface area contributed by atoms with Crippen LogP contribution in [0.15, 0.2) is 22.5 Å². The van der Waals surface area contributed by atoms with Crippen LogP contribution in [-0.4, -0.2) is 0 Å². The van der Waals surface area contributed by atoms with Crippen molar-refractivity contribution in [2.75, 3.05) is 0 Å². The summed E-state index contributed by atoms with van der Waals surface area (Å²) in [6, 6.07) is 0. The van der Waals surface area contributed by atoms with Crippen molar-refractivity contribution in [3.63, 3.8) is 0 Å².